The maximum Gasteiger partial charge on any atom is 0.306 e. The van der Waals surface area contributed by atoms with Gasteiger partial charge in [-0.2, -0.15) is 5.10 Å². The first-order valence-electron chi connectivity index (χ1n) is 6.45. The Bertz CT molecular complexity index is 444. The largest absolute Gasteiger partial charge is 0.390 e. The van der Waals surface area contributed by atoms with Crippen molar-refractivity contribution in [2.75, 3.05) is 27.2 Å². The van der Waals surface area contributed by atoms with Gasteiger partial charge in [0.2, 0.25) is 0 Å². The van der Waals surface area contributed by atoms with Crippen LogP contribution in [0.4, 0.5) is 5.69 Å². The van der Waals surface area contributed by atoms with Crippen LogP contribution >= 0.6 is 0 Å². The molecule has 0 spiro atoms. The molecule has 0 saturated carbocycles. The number of rotatable bonds is 8. The van der Waals surface area contributed by atoms with E-state index in [1.165, 1.54) is 17.1 Å². The summed E-state index contributed by atoms with van der Waals surface area (Å²) in [5, 5.41) is 27.4. The molecule has 20 heavy (non-hydrogen) atoms. The first kappa shape index (κ1) is 16.5. The predicted octanol–water partition coefficient (Wildman–Crippen LogP) is 0.0820. The standard InChI is InChI=1S/C12H23N5O3/c1-12(2,15(3)4)9-13-6-11(18)8-16-7-10(5-14-16)17(19)20/h5,7,11,13,18H,6,8-9H2,1-4H3. The number of aliphatic hydroxyl groups is 1. The SMILES string of the molecule is CN(C)C(C)(C)CNCC(O)Cn1cc([N+](=O)[O-])cn1. The van der Waals surface area contributed by atoms with E-state index in [1.807, 2.05) is 14.1 Å². The summed E-state index contributed by atoms with van der Waals surface area (Å²) in [7, 11) is 4.00. The molecule has 1 rings (SSSR count). The van der Waals surface area contributed by atoms with Crippen molar-refractivity contribution in [3.05, 3.63) is 22.5 Å². The average molecular weight is 285 g/mol. The highest BCUT2D eigenvalue weighted by molar-refractivity contribution is 5.20. The molecule has 1 unspecified atom stereocenters. The molecular weight excluding hydrogens is 262 g/mol. The first-order valence-corrected chi connectivity index (χ1v) is 6.45. The highest BCUT2D eigenvalue weighted by Crippen LogP contribution is 2.09. The molecule has 0 amide bonds. The molecule has 0 saturated heterocycles. The van der Waals surface area contributed by atoms with Crippen LogP contribution in [0.5, 0.6) is 0 Å². The zero-order valence-corrected chi connectivity index (χ0v) is 12.4. The van der Waals surface area contributed by atoms with Gasteiger partial charge in [-0.15, -0.1) is 0 Å². The number of aliphatic hydroxyl groups excluding tert-OH is 1. The highest BCUT2D eigenvalue weighted by Gasteiger charge is 2.20. The minimum Gasteiger partial charge on any atom is -0.390 e. The lowest BCUT2D eigenvalue weighted by Crippen LogP contribution is -2.48. The van der Waals surface area contributed by atoms with Gasteiger partial charge in [0.25, 0.3) is 0 Å². The zero-order valence-electron chi connectivity index (χ0n) is 12.4. The van der Waals surface area contributed by atoms with Crippen LogP contribution in [0.3, 0.4) is 0 Å². The van der Waals surface area contributed by atoms with Crippen molar-refractivity contribution in [1.29, 1.82) is 0 Å². The Morgan fingerprint density at radius 3 is 2.75 bits per heavy atom. The Morgan fingerprint density at radius 1 is 1.60 bits per heavy atom. The van der Waals surface area contributed by atoms with E-state index in [2.05, 4.69) is 29.2 Å². The summed E-state index contributed by atoms with van der Waals surface area (Å²) in [4.78, 5) is 12.1. The second kappa shape index (κ2) is 6.78. The van der Waals surface area contributed by atoms with Crippen LogP contribution in [0.1, 0.15) is 13.8 Å². The van der Waals surface area contributed by atoms with Gasteiger partial charge in [-0.25, -0.2) is 0 Å². The van der Waals surface area contributed by atoms with Crippen LogP contribution in [0, 0.1) is 10.1 Å². The average Bonchev–Trinajstić information content (AvgIpc) is 2.77. The Kier molecular flexibility index (Phi) is 5.61. The van der Waals surface area contributed by atoms with E-state index in [1.54, 1.807) is 0 Å². The van der Waals surface area contributed by atoms with Crippen molar-refractivity contribution < 1.29 is 10.0 Å². The van der Waals surface area contributed by atoms with E-state index >= 15 is 0 Å². The smallest absolute Gasteiger partial charge is 0.306 e. The van der Waals surface area contributed by atoms with Gasteiger partial charge in [-0.3, -0.25) is 14.8 Å². The van der Waals surface area contributed by atoms with Crippen LogP contribution in [-0.4, -0.2) is 63.5 Å². The predicted molar refractivity (Wildman–Crippen MR) is 75.5 cm³/mol. The van der Waals surface area contributed by atoms with E-state index in [0.29, 0.717) is 6.54 Å². The Labute approximate surface area is 118 Å². The van der Waals surface area contributed by atoms with Crippen molar-refractivity contribution in [2.45, 2.75) is 32.0 Å². The fourth-order valence-electron chi connectivity index (χ4n) is 1.53. The molecule has 1 aromatic heterocycles. The molecule has 8 nitrogen and oxygen atoms in total. The number of hydrogen-bond donors (Lipinski definition) is 2. The van der Waals surface area contributed by atoms with E-state index in [4.69, 9.17) is 0 Å². The molecule has 0 aliphatic rings. The van der Waals surface area contributed by atoms with Gasteiger partial charge in [-0.1, -0.05) is 0 Å². The molecule has 2 N–H and O–H groups in total. The second-order valence-electron chi connectivity index (χ2n) is 5.67. The Morgan fingerprint density at radius 2 is 2.25 bits per heavy atom. The van der Waals surface area contributed by atoms with Crippen molar-refractivity contribution in [3.63, 3.8) is 0 Å². The third kappa shape index (κ3) is 4.87. The molecule has 0 aliphatic carbocycles. The van der Waals surface area contributed by atoms with Gasteiger partial charge >= 0.3 is 5.69 Å². The maximum atomic E-state index is 10.5. The molecule has 0 aromatic carbocycles. The number of nitrogens with one attached hydrogen (secondary N) is 1. The summed E-state index contributed by atoms with van der Waals surface area (Å²) in [6, 6.07) is 0. The normalized spacial score (nSPS) is 13.7. The van der Waals surface area contributed by atoms with Gasteiger partial charge in [0, 0.05) is 18.6 Å². The van der Waals surface area contributed by atoms with Crippen LogP contribution in [0.2, 0.25) is 0 Å². The van der Waals surface area contributed by atoms with Crippen LogP contribution < -0.4 is 5.32 Å². The summed E-state index contributed by atoms with van der Waals surface area (Å²) < 4.78 is 1.38. The molecule has 114 valence electrons. The lowest BCUT2D eigenvalue weighted by Gasteiger charge is -2.33. The van der Waals surface area contributed by atoms with Gasteiger partial charge < -0.3 is 15.3 Å². The number of likely N-dealkylation sites (N-methyl/N-ethyl adjacent to an activating group) is 1. The molecule has 1 heterocycles. The van der Waals surface area contributed by atoms with Gasteiger partial charge in [0.1, 0.15) is 12.4 Å². The summed E-state index contributed by atoms with van der Waals surface area (Å²) >= 11 is 0. The van der Waals surface area contributed by atoms with Crippen molar-refractivity contribution >= 4 is 5.69 Å². The number of nitrogens with zero attached hydrogens (tertiary/aromatic N) is 4. The summed E-state index contributed by atoms with van der Waals surface area (Å²) in [6.07, 6.45) is 1.84. The number of aromatic nitrogens is 2. The van der Waals surface area contributed by atoms with Crippen molar-refractivity contribution in [3.8, 4) is 0 Å². The van der Waals surface area contributed by atoms with Crippen LogP contribution in [-0.2, 0) is 6.54 Å². The first-order chi connectivity index (χ1) is 9.22. The summed E-state index contributed by atoms with van der Waals surface area (Å²) in [5.74, 6) is 0. The van der Waals surface area contributed by atoms with E-state index in [0.717, 1.165) is 6.54 Å². The van der Waals surface area contributed by atoms with E-state index in [-0.39, 0.29) is 17.8 Å². The van der Waals surface area contributed by atoms with Crippen molar-refractivity contribution in [2.24, 2.45) is 0 Å². The van der Waals surface area contributed by atoms with Crippen molar-refractivity contribution in [1.82, 2.24) is 20.0 Å². The summed E-state index contributed by atoms with van der Waals surface area (Å²) in [6.45, 7) is 5.57. The molecule has 1 aromatic rings. The minimum atomic E-state index is -0.646. The molecule has 0 bridgehead atoms. The molecule has 1 atom stereocenters. The molecular formula is C12H23N5O3. The van der Waals surface area contributed by atoms with Gasteiger partial charge in [0.05, 0.1) is 17.6 Å². The Hall–Kier alpha value is -1.51. The third-order valence-corrected chi connectivity index (χ3v) is 3.38. The van der Waals surface area contributed by atoms with Gasteiger partial charge in [0.15, 0.2) is 0 Å². The number of nitro groups is 1. The van der Waals surface area contributed by atoms with Crippen LogP contribution in [0.15, 0.2) is 12.4 Å². The second-order valence-corrected chi connectivity index (χ2v) is 5.67. The van der Waals surface area contributed by atoms with E-state index < -0.39 is 11.0 Å². The fraction of sp³-hybridized carbons (Fsp3) is 0.750. The monoisotopic (exact) mass is 285 g/mol. The maximum absolute atomic E-state index is 10.5. The lowest BCUT2D eigenvalue weighted by molar-refractivity contribution is -0.385. The Balaban J connectivity index is 2.36. The van der Waals surface area contributed by atoms with Crippen LogP contribution in [0.25, 0.3) is 0 Å². The number of hydrogen-bond acceptors (Lipinski definition) is 6. The van der Waals surface area contributed by atoms with E-state index in [9.17, 15) is 15.2 Å². The third-order valence-electron chi connectivity index (χ3n) is 3.38. The highest BCUT2D eigenvalue weighted by atomic mass is 16.6. The lowest BCUT2D eigenvalue weighted by atomic mass is 10.0. The zero-order chi connectivity index (χ0) is 15.3. The quantitative estimate of drug-likeness (QED) is 0.519. The topological polar surface area (TPSA) is 96.5 Å². The fourth-order valence-corrected chi connectivity index (χ4v) is 1.53. The minimum absolute atomic E-state index is 0.00972. The summed E-state index contributed by atoms with van der Waals surface area (Å²) in [5.41, 5.74) is -0.0802. The molecule has 0 fully saturated rings. The molecule has 0 radical (unpaired) electrons. The molecule has 8 heteroatoms. The van der Waals surface area contributed by atoms with Gasteiger partial charge in [-0.05, 0) is 27.9 Å². The molecule has 0 aliphatic heterocycles.